The SMILES string of the molecule is CC(C)OC(=O)Cc1ccc2[nH]nc(C(=O)C[C@H]3CN4CCC3CC4)c2c1.O=CO. The number of carbonyl (C=O) groups is 3. The van der Waals surface area contributed by atoms with E-state index in [9.17, 15) is 9.59 Å². The summed E-state index contributed by atoms with van der Waals surface area (Å²) in [5.41, 5.74) is 2.17. The van der Waals surface area contributed by atoms with Crippen LogP contribution in [-0.2, 0) is 20.7 Å². The maximum absolute atomic E-state index is 13.0. The van der Waals surface area contributed by atoms with Crippen LogP contribution in [0.25, 0.3) is 10.9 Å². The molecule has 1 aromatic carbocycles. The van der Waals surface area contributed by atoms with Crippen LogP contribution in [0, 0.1) is 11.8 Å². The summed E-state index contributed by atoms with van der Waals surface area (Å²) in [5.74, 6) is 0.955. The van der Waals surface area contributed by atoms with E-state index in [1.165, 1.54) is 25.9 Å². The van der Waals surface area contributed by atoms with Crippen molar-refractivity contribution in [1.82, 2.24) is 15.1 Å². The van der Waals surface area contributed by atoms with Crippen LogP contribution in [0.2, 0.25) is 0 Å². The lowest BCUT2D eigenvalue weighted by molar-refractivity contribution is -0.146. The fourth-order valence-electron chi connectivity index (χ4n) is 4.51. The number of benzene rings is 1. The summed E-state index contributed by atoms with van der Waals surface area (Å²) >= 11 is 0. The number of esters is 1. The number of fused-ring (bicyclic) bond motifs is 4. The van der Waals surface area contributed by atoms with E-state index in [4.69, 9.17) is 14.6 Å². The third-order valence-corrected chi connectivity index (χ3v) is 5.85. The van der Waals surface area contributed by atoms with Crippen molar-refractivity contribution < 1.29 is 24.2 Å². The molecule has 2 bridgehead atoms. The molecule has 8 nitrogen and oxygen atoms in total. The number of hydrogen-bond acceptors (Lipinski definition) is 6. The highest BCUT2D eigenvalue weighted by Crippen LogP contribution is 2.35. The largest absolute Gasteiger partial charge is 0.483 e. The van der Waals surface area contributed by atoms with Gasteiger partial charge in [-0.1, -0.05) is 6.07 Å². The average molecular weight is 415 g/mol. The Bertz CT molecular complexity index is 899. The first-order valence-corrected chi connectivity index (χ1v) is 10.4. The second-order valence-electron chi connectivity index (χ2n) is 8.30. The Morgan fingerprint density at radius 2 is 2.03 bits per heavy atom. The minimum atomic E-state index is -0.256. The lowest BCUT2D eigenvalue weighted by atomic mass is 9.76. The van der Waals surface area contributed by atoms with Gasteiger partial charge in [-0.15, -0.1) is 0 Å². The number of hydrogen-bond donors (Lipinski definition) is 2. The Hall–Kier alpha value is -2.74. The van der Waals surface area contributed by atoms with Gasteiger partial charge in [0, 0.05) is 18.4 Å². The molecule has 3 saturated heterocycles. The highest BCUT2D eigenvalue weighted by Gasteiger charge is 2.35. The van der Waals surface area contributed by atoms with Crippen molar-refractivity contribution in [3.05, 3.63) is 29.5 Å². The van der Waals surface area contributed by atoms with Crippen LogP contribution in [0.1, 0.15) is 49.2 Å². The first-order chi connectivity index (χ1) is 14.4. The fourth-order valence-corrected chi connectivity index (χ4v) is 4.51. The normalized spacial score (nSPS) is 22.4. The number of rotatable bonds is 6. The van der Waals surface area contributed by atoms with E-state index >= 15 is 0 Å². The summed E-state index contributed by atoms with van der Waals surface area (Å²) in [6, 6.07) is 5.65. The highest BCUT2D eigenvalue weighted by atomic mass is 16.5. The predicted octanol–water partition coefficient (Wildman–Crippen LogP) is 2.67. The average Bonchev–Trinajstić information content (AvgIpc) is 3.12. The minimum absolute atomic E-state index is 0.0990. The van der Waals surface area contributed by atoms with Crippen LogP contribution < -0.4 is 0 Å². The first kappa shape index (κ1) is 22.0. The number of ether oxygens (including phenoxy) is 1. The molecule has 5 rings (SSSR count). The number of aromatic amines is 1. The summed E-state index contributed by atoms with van der Waals surface area (Å²) in [7, 11) is 0. The summed E-state index contributed by atoms with van der Waals surface area (Å²) in [5, 5.41) is 14.9. The second kappa shape index (κ2) is 9.84. The molecule has 3 aliphatic heterocycles. The van der Waals surface area contributed by atoms with Gasteiger partial charge in [-0.3, -0.25) is 19.5 Å². The predicted molar refractivity (Wildman–Crippen MR) is 111 cm³/mol. The molecular weight excluding hydrogens is 386 g/mol. The molecule has 0 unspecified atom stereocenters. The molecule has 1 atom stereocenters. The van der Waals surface area contributed by atoms with Crippen molar-refractivity contribution in [3.8, 4) is 0 Å². The highest BCUT2D eigenvalue weighted by molar-refractivity contribution is 6.06. The topological polar surface area (TPSA) is 113 Å². The van der Waals surface area contributed by atoms with E-state index in [-0.39, 0.29) is 30.7 Å². The molecule has 0 saturated carbocycles. The van der Waals surface area contributed by atoms with E-state index in [0.717, 1.165) is 23.0 Å². The van der Waals surface area contributed by atoms with E-state index in [1.807, 2.05) is 32.0 Å². The number of H-pyrrole nitrogens is 1. The molecule has 3 fully saturated rings. The number of carbonyl (C=O) groups excluding carboxylic acids is 2. The van der Waals surface area contributed by atoms with Crippen LogP contribution in [-0.4, -0.2) is 64.2 Å². The van der Waals surface area contributed by atoms with Crippen LogP contribution in [0.4, 0.5) is 0 Å². The quantitative estimate of drug-likeness (QED) is 0.424. The smallest absolute Gasteiger partial charge is 0.310 e. The van der Waals surface area contributed by atoms with Crippen LogP contribution in [0.5, 0.6) is 0 Å². The molecule has 30 heavy (non-hydrogen) atoms. The minimum Gasteiger partial charge on any atom is -0.483 e. The summed E-state index contributed by atoms with van der Waals surface area (Å²) in [4.78, 5) is 35.7. The Kier molecular flexibility index (Phi) is 7.20. The van der Waals surface area contributed by atoms with E-state index in [2.05, 4.69) is 15.1 Å². The molecule has 2 N–H and O–H groups in total. The number of Topliss-reactive ketones (excluding diaryl/α,β-unsaturated/α-hetero) is 1. The maximum Gasteiger partial charge on any atom is 0.310 e. The van der Waals surface area contributed by atoms with Crippen molar-refractivity contribution in [3.63, 3.8) is 0 Å². The van der Waals surface area contributed by atoms with Gasteiger partial charge < -0.3 is 14.7 Å². The van der Waals surface area contributed by atoms with Gasteiger partial charge in [0.1, 0.15) is 5.69 Å². The van der Waals surface area contributed by atoms with Gasteiger partial charge in [0.2, 0.25) is 0 Å². The molecule has 2 aromatic rings. The summed E-state index contributed by atoms with van der Waals surface area (Å²) < 4.78 is 5.22. The molecule has 0 amide bonds. The van der Waals surface area contributed by atoms with Gasteiger partial charge in [-0.05, 0) is 69.3 Å². The zero-order valence-electron chi connectivity index (χ0n) is 17.5. The zero-order valence-corrected chi connectivity index (χ0v) is 17.5. The lowest BCUT2D eigenvalue weighted by Crippen LogP contribution is -2.47. The lowest BCUT2D eigenvalue weighted by Gasteiger charge is -2.44. The van der Waals surface area contributed by atoms with Gasteiger partial charge in [-0.2, -0.15) is 5.10 Å². The van der Waals surface area contributed by atoms with Gasteiger partial charge in [-0.25, -0.2) is 0 Å². The Labute approximate surface area is 175 Å². The molecule has 1 aromatic heterocycles. The van der Waals surface area contributed by atoms with Crippen molar-refractivity contribution in [2.24, 2.45) is 11.8 Å². The molecule has 0 aliphatic carbocycles. The molecule has 4 heterocycles. The van der Waals surface area contributed by atoms with Gasteiger partial charge in [0.15, 0.2) is 5.78 Å². The Morgan fingerprint density at radius 1 is 1.33 bits per heavy atom. The zero-order chi connectivity index (χ0) is 21.7. The number of aromatic nitrogens is 2. The number of nitrogens with one attached hydrogen (secondary N) is 1. The van der Waals surface area contributed by atoms with Crippen LogP contribution >= 0.6 is 0 Å². The van der Waals surface area contributed by atoms with E-state index < -0.39 is 0 Å². The maximum atomic E-state index is 13.0. The number of carboxylic acid groups (broad SMARTS) is 1. The van der Waals surface area contributed by atoms with Crippen LogP contribution in [0.15, 0.2) is 18.2 Å². The van der Waals surface area contributed by atoms with Gasteiger partial charge in [0.05, 0.1) is 18.0 Å². The van der Waals surface area contributed by atoms with E-state index in [1.54, 1.807) is 0 Å². The van der Waals surface area contributed by atoms with Crippen molar-refractivity contribution >= 4 is 29.1 Å². The van der Waals surface area contributed by atoms with Gasteiger partial charge in [0.25, 0.3) is 6.47 Å². The third-order valence-electron chi connectivity index (χ3n) is 5.85. The molecule has 0 radical (unpaired) electrons. The molecule has 3 aliphatic rings. The monoisotopic (exact) mass is 415 g/mol. The van der Waals surface area contributed by atoms with Gasteiger partial charge >= 0.3 is 5.97 Å². The summed E-state index contributed by atoms with van der Waals surface area (Å²) in [6.07, 6.45) is 3.05. The van der Waals surface area contributed by atoms with Crippen molar-refractivity contribution in [2.75, 3.05) is 19.6 Å². The standard InChI is InChI=1S/C21H27N3O3.CH2O2/c1-13(2)27-20(26)10-14-3-4-18-17(9-14)21(23-22-18)19(25)11-16-12-24-7-5-15(16)6-8-24;2-1-3/h3-4,9,13,15-16H,5-8,10-12H2,1-2H3,(H,22,23);1H,(H,2,3)/t16-;/m0./s1. The van der Waals surface area contributed by atoms with Crippen molar-refractivity contribution in [2.45, 2.75) is 45.6 Å². The molecule has 8 heteroatoms. The number of nitrogens with zero attached hydrogens (tertiary/aromatic N) is 2. The Balaban J connectivity index is 0.000000806. The molecular formula is C22H29N3O5. The molecule has 0 spiro atoms. The second-order valence-corrected chi connectivity index (χ2v) is 8.30. The number of piperidine rings is 3. The van der Waals surface area contributed by atoms with E-state index in [0.29, 0.717) is 24.0 Å². The third kappa shape index (κ3) is 5.24. The molecule has 162 valence electrons. The Morgan fingerprint density at radius 3 is 2.63 bits per heavy atom. The fraction of sp³-hybridized carbons (Fsp3) is 0.545. The number of ketones is 1. The first-order valence-electron chi connectivity index (χ1n) is 10.4. The van der Waals surface area contributed by atoms with Crippen molar-refractivity contribution in [1.29, 1.82) is 0 Å². The summed E-state index contributed by atoms with van der Waals surface area (Å²) in [6.45, 7) is 6.81. The van der Waals surface area contributed by atoms with Crippen LogP contribution in [0.3, 0.4) is 0 Å².